The van der Waals surface area contributed by atoms with Crippen LogP contribution in [0.5, 0.6) is 0 Å². The summed E-state index contributed by atoms with van der Waals surface area (Å²) in [5, 5.41) is 11.0. The predicted molar refractivity (Wildman–Crippen MR) is 119 cm³/mol. The highest BCUT2D eigenvalue weighted by Gasteiger charge is 2.48. The second-order valence-corrected chi connectivity index (χ2v) is 8.21. The molecule has 36 heavy (non-hydrogen) atoms. The number of amides is 1. The molecular weight excluding hydrogens is 488 g/mol. The number of carbonyl (C=O) groups is 2. The lowest BCUT2D eigenvalue weighted by Crippen LogP contribution is -2.29. The lowest BCUT2D eigenvalue weighted by molar-refractivity contribution is -0.143. The van der Waals surface area contributed by atoms with Crippen LogP contribution in [0, 0.1) is 6.92 Å². The van der Waals surface area contributed by atoms with E-state index in [1.807, 2.05) is 0 Å². The minimum absolute atomic E-state index is 0.0435. The standard InChI is InChI=1S/C26H17F6NO3/c1-14-7-9-15(10-8-14)22(34)20-21(33(24(36)23(20)35)19-5-3-2-4-6-19)16-11-17(25(27,28)29)13-18(12-16)26(30,31)32/h2-13,21,34H,1H3. The summed E-state index contributed by atoms with van der Waals surface area (Å²) in [6.45, 7) is 1.75. The zero-order chi connectivity index (χ0) is 26.4. The molecule has 1 heterocycles. The molecule has 0 saturated carbocycles. The number of nitrogens with zero attached hydrogens (tertiary/aromatic N) is 1. The minimum Gasteiger partial charge on any atom is -0.507 e. The zero-order valence-electron chi connectivity index (χ0n) is 18.5. The van der Waals surface area contributed by atoms with Gasteiger partial charge in [0.15, 0.2) is 0 Å². The number of hydrogen-bond acceptors (Lipinski definition) is 3. The molecule has 1 amide bonds. The van der Waals surface area contributed by atoms with E-state index in [0.29, 0.717) is 12.1 Å². The summed E-state index contributed by atoms with van der Waals surface area (Å²) in [5.74, 6) is -3.17. The Morgan fingerprint density at radius 1 is 0.806 bits per heavy atom. The molecule has 186 valence electrons. The molecule has 1 unspecified atom stereocenters. The Morgan fingerprint density at radius 2 is 1.33 bits per heavy atom. The van der Waals surface area contributed by atoms with Gasteiger partial charge in [0.1, 0.15) is 5.76 Å². The molecule has 0 radical (unpaired) electrons. The quantitative estimate of drug-likeness (QED) is 0.188. The van der Waals surface area contributed by atoms with E-state index >= 15 is 0 Å². The molecule has 1 aliphatic heterocycles. The van der Waals surface area contributed by atoms with Crippen LogP contribution < -0.4 is 4.90 Å². The summed E-state index contributed by atoms with van der Waals surface area (Å²) in [7, 11) is 0. The van der Waals surface area contributed by atoms with Gasteiger partial charge in [-0.2, -0.15) is 26.3 Å². The van der Waals surface area contributed by atoms with Crippen LogP contribution >= 0.6 is 0 Å². The minimum atomic E-state index is -5.15. The Labute approximate surface area is 201 Å². The first-order valence-corrected chi connectivity index (χ1v) is 10.5. The monoisotopic (exact) mass is 505 g/mol. The molecule has 3 aromatic rings. The number of anilines is 1. The van der Waals surface area contributed by atoms with E-state index in [1.54, 1.807) is 25.1 Å². The maximum absolute atomic E-state index is 13.6. The Kier molecular flexibility index (Phi) is 6.15. The van der Waals surface area contributed by atoms with Crippen molar-refractivity contribution >= 4 is 23.1 Å². The van der Waals surface area contributed by atoms with Gasteiger partial charge in [-0.05, 0) is 42.8 Å². The summed E-state index contributed by atoms with van der Waals surface area (Å²) in [6, 6.07) is 12.4. The van der Waals surface area contributed by atoms with Crippen molar-refractivity contribution < 1.29 is 41.0 Å². The third kappa shape index (κ3) is 4.58. The molecule has 1 aliphatic rings. The normalized spacial score (nSPS) is 18.1. The fraction of sp³-hybridized carbons (Fsp3) is 0.154. The fourth-order valence-electron chi connectivity index (χ4n) is 4.01. The van der Waals surface area contributed by atoms with Crippen LogP contribution in [0.25, 0.3) is 5.76 Å². The van der Waals surface area contributed by atoms with Crippen LogP contribution in [0.4, 0.5) is 32.0 Å². The highest BCUT2D eigenvalue weighted by molar-refractivity contribution is 6.51. The van der Waals surface area contributed by atoms with Crippen LogP contribution in [0.15, 0.2) is 78.4 Å². The van der Waals surface area contributed by atoms with Crippen LogP contribution in [-0.2, 0) is 21.9 Å². The van der Waals surface area contributed by atoms with Gasteiger partial charge in [0.05, 0.1) is 22.7 Å². The first kappa shape index (κ1) is 25.0. The average molecular weight is 505 g/mol. The molecule has 1 fully saturated rings. The van der Waals surface area contributed by atoms with Crippen molar-refractivity contribution in [3.8, 4) is 0 Å². The molecule has 3 aromatic carbocycles. The number of carbonyl (C=O) groups excluding carboxylic acids is 2. The first-order valence-electron chi connectivity index (χ1n) is 10.5. The van der Waals surface area contributed by atoms with E-state index in [0.717, 1.165) is 10.5 Å². The summed E-state index contributed by atoms with van der Waals surface area (Å²) in [6.07, 6.45) is -10.3. The fourth-order valence-corrected chi connectivity index (χ4v) is 4.01. The van der Waals surface area contributed by atoms with E-state index in [4.69, 9.17) is 0 Å². The largest absolute Gasteiger partial charge is 0.507 e. The number of rotatable bonds is 3. The number of para-hydroxylation sites is 1. The number of benzene rings is 3. The van der Waals surface area contributed by atoms with Gasteiger partial charge in [0, 0.05) is 11.3 Å². The zero-order valence-corrected chi connectivity index (χ0v) is 18.5. The van der Waals surface area contributed by atoms with Crippen molar-refractivity contribution in [2.24, 2.45) is 0 Å². The lowest BCUT2D eigenvalue weighted by Gasteiger charge is -2.27. The highest BCUT2D eigenvalue weighted by atomic mass is 19.4. The third-order valence-corrected chi connectivity index (χ3v) is 5.73. The molecule has 0 bridgehead atoms. The first-order chi connectivity index (χ1) is 16.8. The van der Waals surface area contributed by atoms with Crippen molar-refractivity contribution in [2.45, 2.75) is 25.3 Å². The molecule has 10 heteroatoms. The number of hydrogen-bond donors (Lipinski definition) is 1. The number of alkyl halides is 6. The maximum atomic E-state index is 13.6. The van der Waals surface area contributed by atoms with E-state index in [2.05, 4.69) is 0 Å². The van der Waals surface area contributed by atoms with Gasteiger partial charge in [-0.25, -0.2) is 0 Å². The van der Waals surface area contributed by atoms with Crippen LogP contribution in [0.1, 0.15) is 33.9 Å². The topological polar surface area (TPSA) is 57.6 Å². The SMILES string of the molecule is Cc1ccc(C(O)=C2C(=O)C(=O)N(c3ccccc3)C2c2cc(C(F)(F)F)cc(C(F)(F)F)c2)cc1. The van der Waals surface area contributed by atoms with E-state index in [1.165, 1.54) is 36.4 Å². The second-order valence-electron chi connectivity index (χ2n) is 8.21. The number of ketones is 1. The van der Waals surface area contributed by atoms with Crippen molar-refractivity contribution in [1.82, 2.24) is 0 Å². The number of aliphatic hydroxyl groups is 1. The van der Waals surface area contributed by atoms with Crippen LogP contribution in [0.3, 0.4) is 0 Å². The molecule has 1 atom stereocenters. The summed E-state index contributed by atoms with van der Waals surface area (Å²) in [4.78, 5) is 26.9. The molecule has 4 rings (SSSR count). The van der Waals surface area contributed by atoms with Crippen molar-refractivity contribution in [2.75, 3.05) is 4.90 Å². The van der Waals surface area contributed by atoms with Gasteiger partial charge in [-0.15, -0.1) is 0 Å². The van der Waals surface area contributed by atoms with E-state index in [-0.39, 0.29) is 17.3 Å². The molecule has 0 spiro atoms. The number of aliphatic hydroxyl groups excluding tert-OH is 1. The van der Waals surface area contributed by atoms with Gasteiger partial charge in [-0.1, -0.05) is 48.0 Å². The Balaban J connectivity index is 2.04. The third-order valence-electron chi connectivity index (χ3n) is 5.73. The summed E-state index contributed by atoms with van der Waals surface area (Å²) < 4.78 is 81.5. The van der Waals surface area contributed by atoms with Crippen molar-refractivity contribution in [3.05, 3.63) is 106 Å². The Hall–Kier alpha value is -4.08. The molecule has 0 aromatic heterocycles. The number of aryl methyl sites for hydroxylation is 1. The molecular formula is C26H17F6NO3. The van der Waals surface area contributed by atoms with Gasteiger partial charge < -0.3 is 5.11 Å². The highest BCUT2D eigenvalue weighted by Crippen LogP contribution is 2.45. The average Bonchev–Trinajstić information content (AvgIpc) is 3.08. The predicted octanol–water partition coefficient (Wildman–Crippen LogP) is 6.66. The van der Waals surface area contributed by atoms with E-state index in [9.17, 15) is 41.0 Å². The second kappa shape index (κ2) is 8.85. The number of Topliss-reactive ketones (excluding diaryl/α,β-unsaturated/α-hetero) is 1. The lowest BCUT2D eigenvalue weighted by atomic mass is 9.92. The van der Waals surface area contributed by atoms with Gasteiger partial charge in [0.2, 0.25) is 0 Å². The van der Waals surface area contributed by atoms with Gasteiger partial charge in [0.25, 0.3) is 11.7 Å². The molecule has 0 aliphatic carbocycles. The van der Waals surface area contributed by atoms with Crippen LogP contribution in [0.2, 0.25) is 0 Å². The van der Waals surface area contributed by atoms with Gasteiger partial charge >= 0.3 is 12.4 Å². The van der Waals surface area contributed by atoms with Crippen LogP contribution in [-0.4, -0.2) is 16.8 Å². The molecule has 1 N–H and O–H groups in total. The maximum Gasteiger partial charge on any atom is 0.416 e. The molecule has 4 nitrogen and oxygen atoms in total. The van der Waals surface area contributed by atoms with Crippen molar-refractivity contribution in [1.29, 1.82) is 0 Å². The van der Waals surface area contributed by atoms with Crippen molar-refractivity contribution in [3.63, 3.8) is 0 Å². The summed E-state index contributed by atoms with van der Waals surface area (Å²) >= 11 is 0. The molecule has 1 saturated heterocycles. The van der Waals surface area contributed by atoms with E-state index < -0.39 is 58.1 Å². The smallest absolute Gasteiger partial charge is 0.416 e. The number of halogens is 6. The Morgan fingerprint density at radius 3 is 1.83 bits per heavy atom. The van der Waals surface area contributed by atoms with Gasteiger partial charge in [-0.3, -0.25) is 14.5 Å². The summed E-state index contributed by atoms with van der Waals surface area (Å²) in [5.41, 5.74) is -3.56. The Bertz CT molecular complexity index is 1330.